The maximum Gasteiger partial charge on any atom is 0.280 e. The first-order valence-electron chi connectivity index (χ1n) is 9.99. The average Bonchev–Trinajstić information content (AvgIpc) is 2.98. The standard InChI is InChI=1S/C22H24N4O3/c1-15-8-12-25(13-9-15)17-6-4-16(5-7-17)24-19(27)10-14-26-21(28)18-3-2-11-23-20(18)22(26)29/h2-7,11,15H,8-10,12-14H2,1H3,(H,24,27). The van der Waals surface area contributed by atoms with E-state index in [2.05, 4.69) is 22.1 Å². The highest BCUT2D eigenvalue weighted by molar-refractivity contribution is 6.20. The molecule has 1 fully saturated rings. The van der Waals surface area contributed by atoms with Crippen molar-refractivity contribution in [1.82, 2.24) is 9.88 Å². The van der Waals surface area contributed by atoms with E-state index in [1.165, 1.54) is 19.0 Å². The van der Waals surface area contributed by atoms with Gasteiger partial charge in [-0.25, -0.2) is 0 Å². The first-order chi connectivity index (χ1) is 14.0. The van der Waals surface area contributed by atoms with Crippen LogP contribution in [0.2, 0.25) is 0 Å². The molecule has 1 saturated heterocycles. The molecule has 0 aliphatic carbocycles. The fourth-order valence-electron chi connectivity index (χ4n) is 3.78. The Kier molecular flexibility index (Phi) is 5.29. The Bertz CT molecular complexity index is 898. The smallest absolute Gasteiger partial charge is 0.280 e. The Labute approximate surface area is 169 Å². The third-order valence-electron chi connectivity index (χ3n) is 5.59. The molecule has 7 nitrogen and oxygen atoms in total. The second-order valence-electron chi connectivity index (χ2n) is 7.68. The molecule has 1 N–H and O–H groups in total. The highest BCUT2D eigenvalue weighted by Gasteiger charge is 2.36. The van der Waals surface area contributed by atoms with Gasteiger partial charge in [-0.05, 0) is 55.2 Å². The van der Waals surface area contributed by atoms with Crippen LogP contribution in [0.25, 0.3) is 0 Å². The maximum atomic E-state index is 12.3. The second-order valence-corrected chi connectivity index (χ2v) is 7.68. The molecule has 2 aliphatic rings. The van der Waals surface area contributed by atoms with Gasteiger partial charge >= 0.3 is 0 Å². The number of carbonyl (C=O) groups excluding carboxylic acids is 3. The lowest BCUT2D eigenvalue weighted by atomic mass is 9.99. The lowest BCUT2D eigenvalue weighted by molar-refractivity contribution is -0.116. The minimum Gasteiger partial charge on any atom is -0.372 e. The maximum absolute atomic E-state index is 12.3. The van der Waals surface area contributed by atoms with Crippen LogP contribution in [-0.2, 0) is 4.79 Å². The van der Waals surface area contributed by atoms with E-state index in [-0.39, 0.29) is 24.6 Å². The van der Waals surface area contributed by atoms with Gasteiger partial charge in [0.25, 0.3) is 11.8 Å². The average molecular weight is 392 g/mol. The van der Waals surface area contributed by atoms with Crippen molar-refractivity contribution < 1.29 is 14.4 Å². The van der Waals surface area contributed by atoms with E-state index in [0.717, 1.165) is 29.6 Å². The number of hydrogen-bond donors (Lipinski definition) is 1. The number of piperidine rings is 1. The molecule has 2 aliphatic heterocycles. The van der Waals surface area contributed by atoms with Crippen molar-refractivity contribution in [1.29, 1.82) is 0 Å². The number of fused-ring (bicyclic) bond motifs is 1. The van der Waals surface area contributed by atoms with Gasteiger partial charge in [-0.15, -0.1) is 0 Å². The van der Waals surface area contributed by atoms with Crippen LogP contribution in [0.3, 0.4) is 0 Å². The number of nitrogens with zero attached hydrogens (tertiary/aromatic N) is 3. The van der Waals surface area contributed by atoms with Crippen LogP contribution in [0.15, 0.2) is 42.6 Å². The Balaban J connectivity index is 1.30. The van der Waals surface area contributed by atoms with Gasteiger partial charge in [0, 0.05) is 43.6 Å². The predicted molar refractivity (Wildman–Crippen MR) is 110 cm³/mol. The summed E-state index contributed by atoms with van der Waals surface area (Å²) < 4.78 is 0. The summed E-state index contributed by atoms with van der Waals surface area (Å²) in [5, 5.41) is 2.83. The number of benzene rings is 1. The number of amides is 3. The molecular weight excluding hydrogens is 368 g/mol. The zero-order chi connectivity index (χ0) is 20.4. The van der Waals surface area contributed by atoms with E-state index < -0.39 is 11.8 Å². The third-order valence-corrected chi connectivity index (χ3v) is 5.59. The van der Waals surface area contributed by atoms with Gasteiger partial charge < -0.3 is 10.2 Å². The Morgan fingerprint density at radius 1 is 1.10 bits per heavy atom. The lowest BCUT2D eigenvalue weighted by Gasteiger charge is -2.32. The monoisotopic (exact) mass is 392 g/mol. The molecule has 0 bridgehead atoms. The lowest BCUT2D eigenvalue weighted by Crippen LogP contribution is -2.33. The summed E-state index contributed by atoms with van der Waals surface area (Å²) in [7, 11) is 0. The molecule has 2 aromatic rings. The first-order valence-corrected chi connectivity index (χ1v) is 9.99. The zero-order valence-electron chi connectivity index (χ0n) is 16.4. The van der Waals surface area contributed by atoms with Crippen LogP contribution in [0, 0.1) is 5.92 Å². The van der Waals surface area contributed by atoms with Crippen molar-refractivity contribution in [2.75, 3.05) is 29.9 Å². The number of hydrogen-bond acceptors (Lipinski definition) is 5. The number of imide groups is 1. The summed E-state index contributed by atoms with van der Waals surface area (Å²) in [5.41, 5.74) is 2.31. The fraction of sp³-hybridized carbons (Fsp3) is 0.364. The van der Waals surface area contributed by atoms with Crippen LogP contribution in [-0.4, -0.2) is 47.2 Å². The number of pyridine rings is 1. The quantitative estimate of drug-likeness (QED) is 0.791. The largest absolute Gasteiger partial charge is 0.372 e. The van der Waals surface area contributed by atoms with Crippen molar-refractivity contribution in [3.8, 4) is 0 Å². The molecular formula is C22H24N4O3. The number of rotatable bonds is 5. The molecule has 7 heteroatoms. The minimum absolute atomic E-state index is 0.0317. The molecule has 3 heterocycles. The van der Waals surface area contributed by atoms with E-state index in [1.54, 1.807) is 12.1 Å². The van der Waals surface area contributed by atoms with Crippen LogP contribution in [0.5, 0.6) is 0 Å². The predicted octanol–water partition coefficient (Wildman–Crippen LogP) is 2.94. The molecule has 29 heavy (non-hydrogen) atoms. The van der Waals surface area contributed by atoms with E-state index in [0.29, 0.717) is 11.3 Å². The normalized spacial score (nSPS) is 16.9. The highest BCUT2D eigenvalue weighted by atomic mass is 16.2. The molecule has 150 valence electrons. The summed E-state index contributed by atoms with van der Waals surface area (Å²) in [4.78, 5) is 44.3. The van der Waals surface area contributed by atoms with Gasteiger partial charge in [-0.1, -0.05) is 6.92 Å². The Hall–Kier alpha value is -3.22. The number of nitrogens with one attached hydrogen (secondary N) is 1. The summed E-state index contributed by atoms with van der Waals surface area (Å²) >= 11 is 0. The molecule has 3 amide bonds. The van der Waals surface area contributed by atoms with Gasteiger partial charge in [0.1, 0.15) is 5.69 Å². The first kappa shape index (κ1) is 19.1. The zero-order valence-corrected chi connectivity index (χ0v) is 16.4. The molecule has 0 atom stereocenters. The molecule has 0 radical (unpaired) electrons. The molecule has 4 rings (SSSR count). The van der Waals surface area contributed by atoms with E-state index in [9.17, 15) is 14.4 Å². The molecule has 0 spiro atoms. The van der Waals surface area contributed by atoms with Crippen molar-refractivity contribution in [3.63, 3.8) is 0 Å². The van der Waals surface area contributed by atoms with Crippen LogP contribution in [0.1, 0.15) is 47.0 Å². The van der Waals surface area contributed by atoms with E-state index >= 15 is 0 Å². The fourth-order valence-corrected chi connectivity index (χ4v) is 3.78. The van der Waals surface area contributed by atoms with Gasteiger partial charge in [0.15, 0.2) is 0 Å². The van der Waals surface area contributed by atoms with Crippen molar-refractivity contribution in [3.05, 3.63) is 53.9 Å². The van der Waals surface area contributed by atoms with Gasteiger partial charge in [-0.2, -0.15) is 0 Å². The van der Waals surface area contributed by atoms with Crippen LogP contribution >= 0.6 is 0 Å². The van der Waals surface area contributed by atoms with Crippen LogP contribution in [0.4, 0.5) is 11.4 Å². The highest BCUT2D eigenvalue weighted by Crippen LogP contribution is 2.24. The Morgan fingerprint density at radius 3 is 2.52 bits per heavy atom. The molecule has 0 unspecified atom stereocenters. The number of aromatic nitrogens is 1. The second kappa shape index (κ2) is 8.03. The summed E-state index contributed by atoms with van der Waals surface area (Å²) in [6.07, 6.45) is 3.92. The third kappa shape index (κ3) is 3.99. The SMILES string of the molecule is CC1CCN(c2ccc(NC(=O)CCN3C(=O)c4cccnc4C3=O)cc2)CC1. The van der Waals surface area contributed by atoms with Gasteiger partial charge in [-0.3, -0.25) is 24.3 Å². The summed E-state index contributed by atoms with van der Waals surface area (Å²) in [5.74, 6) is -0.304. The number of carbonyl (C=O) groups is 3. The van der Waals surface area contributed by atoms with E-state index in [4.69, 9.17) is 0 Å². The molecule has 1 aromatic carbocycles. The number of anilines is 2. The summed E-state index contributed by atoms with van der Waals surface area (Å²) in [6, 6.07) is 11.0. The minimum atomic E-state index is -0.446. The van der Waals surface area contributed by atoms with Gasteiger partial charge in [0.2, 0.25) is 5.91 Å². The van der Waals surface area contributed by atoms with Crippen molar-refractivity contribution in [2.45, 2.75) is 26.2 Å². The van der Waals surface area contributed by atoms with Crippen molar-refractivity contribution in [2.24, 2.45) is 5.92 Å². The topological polar surface area (TPSA) is 82.6 Å². The van der Waals surface area contributed by atoms with Crippen molar-refractivity contribution >= 4 is 29.1 Å². The Morgan fingerprint density at radius 2 is 1.83 bits per heavy atom. The van der Waals surface area contributed by atoms with Gasteiger partial charge in [0.05, 0.1) is 5.56 Å². The molecule has 1 aromatic heterocycles. The molecule has 0 saturated carbocycles. The summed E-state index contributed by atoms with van der Waals surface area (Å²) in [6.45, 7) is 4.43. The van der Waals surface area contributed by atoms with E-state index in [1.807, 2.05) is 24.3 Å². The van der Waals surface area contributed by atoms with Crippen LogP contribution < -0.4 is 10.2 Å².